The lowest BCUT2D eigenvalue weighted by atomic mass is 9.94. The summed E-state index contributed by atoms with van der Waals surface area (Å²) in [5.74, 6) is 1.93. The van der Waals surface area contributed by atoms with E-state index in [9.17, 15) is 5.11 Å². The van der Waals surface area contributed by atoms with Crippen molar-refractivity contribution in [3.05, 3.63) is 29.8 Å². The standard InChI is InChI=1S/C17H20ClNO2/c1-10(2)21-15-6-4-5-12-14(20)7-13-16(17(12)15)11(8-18)9-19(13)3/h4-7,10-11,20H,8-9H2,1-3H3/t11-/m1/s1. The van der Waals surface area contributed by atoms with Crippen LogP contribution < -0.4 is 9.64 Å². The van der Waals surface area contributed by atoms with Gasteiger partial charge in [0, 0.05) is 47.9 Å². The molecule has 0 saturated heterocycles. The van der Waals surface area contributed by atoms with Crippen LogP contribution in [0.15, 0.2) is 24.3 Å². The Morgan fingerprint density at radius 3 is 2.86 bits per heavy atom. The van der Waals surface area contributed by atoms with Crippen molar-refractivity contribution in [1.82, 2.24) is 0 Å². The number of nitrogens with zero attached hydrogens (tertiary/aromatic N) is 1. The summed E-state index contributed by atoms with van der Waals surface area (Å²) in [7, 11) is 2.03. The van der Waals surface area contributed by atoms with Crippen LogP contribution >= 0.6 is 11.6 Å². The maximum Gasteiger partial charge on any atom is 0.128 e. The van der Waals surface area contributed by atoms with Crippen LogP contribution in [0, 0.1) is 0 Å². The minimum Gasteiger partial charge on any atom is -0.507 e. The fraction of sp³-hybridized carbons (Fsp3) is 0.412. The molecule has 4 heteroatoms. The molecule has 0 saturated carbocycles. The summed E-state index contributed by atoms with van der Waals surface area (Å²) in [6, 6.07) is 7.65. The summed E-state index contributed by atoms with van der Waals surface area (Å²) in [6.45, 7) is 4.88. The molecule has 1 atom stereocenters. The zero-order chi connectivity index (χ0) is 15.1. The Kier molecular flexibility index (Phi) is 3.62. The van der Waals surface area contributed by atoms with Gasteiger partial charge in [0.2, 0.25) is 0 Å². The molecule has 0 spiro atoms. The molecule has 0 bridgehead atoms. The van der Waals surface area contributed by atoms with Crippen LogP contribution in [-0.4, -0.2) is 30.7 Å². The summed E-state index contributed by atoms with van der Waals surface area (Å²) in [4.78, 5) is 2.15. The quantitative estimate of drug-likeness (QED) is 0.866. The van der Waals surface area contributed by atoms with Gasteiger partial charge in [-0.1, -0.05) is 12.1 Å². The molecule has 0 radical (unpaired) electrons. The van der Waals surface area contributed by atoms with E-state index in [2.05, 4.69) is 4.90 Å². The third-order valence-electron chi connectivity index (χ3n) is 3.98. The van der Waals surface area contributed by atoms with Crippen molar-refractivity contribution in [2.45, 2.75) is 25.9 Å². The number of ether oxygens (including phenoxy) is 1. The average molecular weight is 306 g/mol. The first-order chi connectivity index (χ1) is 10.0. The number of phenolic OH excluding ortho intramolecular Hbond substituents is 1. The summed E-state index contributed by atoms with van der Waals surface area (Å²) in [6.07, 6.45) is 0.0854. The molecule has 21 heavy (non-hydrogen) atoms. The third kappa shape index (κ3) is 2.30. The van der Waals surface area contributed by atoms with E-state index in [1.165, 1.54) is 5.56 Å². The monoisotopic (exact) mass is 305 g/mol. The van der Waals surface area contributed by atoms with Crippen LogP contribution in [0.2, 0.25) is 0 Å². The molecular formula is C17H20ClNO2. The van der Waals surface area contributed by atoms with Crippen LogP contribution in [0.1, 0.15) is 25.3 Å². The largest absolute Gasteiger partial charge is 0.507 e. The van der Waals surface area contributed by atoms with Crippen LogP contribution in [0.3, 0.4) is 0 Å². The van der Waals surface area contributed by atoms with Crippen molar-refractivity contribution in [2.24, 2.45) is 0 Å². The van der Waals surface area contributed by atoms with E-state index >= 15 is 0 Å². The van der Waals surface area contributed by atoms with Crippen LogP contribution in [0.25, 0.3) is 10.8 Å². The molecule has 1 N–H and O–H groups in total. The highest BCUT2D eigenvalue weighted by Gasteiger charge is 2.30. The van der Waals surface area contributed by atoms with Crippen LogP contribution in [0.4, 0.5) is 5.69 Å². The van der Waals surface area contributed by atoms with E-state index < -0.39 is 0 Å². The summed E-state index contributed by atoms with van der Waals surface area (Å²) >= 11 is 6.17. The molecule has 0 aromatic heterocycles. The Morgan fingerprint density at radius 1 is 1.43 bits per heavy atom. The highest BCUT2D eigenvalue weighted by molar-refractivity contribution is 6.19. The zero-order valence-electron chi connectivity index (χ0n) is 12.6. The van der Waals surface area contributed by atoms with Crippen LogP contribution in [-0.2, 0) is 0 Å². The normalized spacial score (nSPS) is 17.6. The molecule has 1 aliphatic rings. The Labute approximate surface area is 130 Å². The van der Waals surface area contributed by atoms with Gasteiger partial charge in [0.15, 0.2) is 0 Å². The summed E-state index contributed by atoms with van der Waals surface area (Å²) in [5.41, 5.74) is 2.24. The lowest BCUT2D eigenvalue weighted by Gasteiger charge is -2.18. The number of benzene rings is 2. The van der Waals surface area contributed by atoms with Gasteiger partial charge in [-0.3, -0.25) is 0 Å². The number of phenols is 1. The number of hydrogen-bond acceptors (Lipinski definition) is 3. The van der Waals surface area contributed by atoms with Gasteiger partial charge in [0.1, 0.15) is 11.5 Å². The molecule has 1 aliphatic heterocycles. The predicted octanol–water partition coefficient (Wildman–Crippen LogP) is 4.10. The fourth-order valence-electron chi connectivity index (χ4n) is 3.16. The van der Waals surface area contributed by atoms with E-state index in [0.717, 1.165) is 28.8 Å². The molecule has 3 nitrogen and oxygen atoms in total. The topological polar surface area (TPSA) is 32.7 Å². The minimum atomic E-state index is 0.0854. The maximum absolute atomic E-state index is 10.4. The van der Waals surface area contributed by atoms with Gasteiger partial charge in [0.05, 0.1) is 6.10 Å². The van der Waals surface area contributed by atoms with Gasteiger partial charge >= 0.3 is 0 Å². The first-order valence-electron chi connectivity index (χ1n) is 7.25. The predicted molar refractivity (Wildman–Crippen MR) is 88.1 cm³/mol. The minimum absolute atomic E-state index is 0.0854. The van der Waals surface area contributed by atoms with E-state index in [1.807, 2.05) is 45.2 Å². The molecule has 0 amide bonds. The smallest absolute Gasteiger partial charge is 0.128 e. The lowest BCUT2D eigenvalue weighted by molar-refractivity contribution is 0.245. The van der Waals surface area contributed by atoms with Crippen molar-refractivity contribution in [2.75, 3.05) is 24.4 Å². The molecular weight excluding hydrogens is 286 g/mol. The highest BCUT2D eigenvalue weighted by atomic mass is 35.5. The second-order valence-corrected chi connectivity index (χ2v) is 6.21. The number of hydrogen-bond donors (Lipinski definition) is 1. The number of aromatic hydroxyl groups is 1. The molecule has 2 aromatic carbocycles. The number of rotatable bonds is 3. The van der Waals surface area contributed by atoms with Crippen molar-refractivity contribution in [3.63, 3.8) is 0 Å². The van der Waals surface area contributed by atoms with E-state index in [4.69, 9.17) is 16.3 Å². The van der Waals surface area contributed by atoms with Crippen molar-refractivity contribution in [3.8, 4) is 11.5 Å². The third-order valence-corrected chi connectivity index (χ3v) is 4.36. The SMILES string of the molecule is CC(C)Oc1cccc2c(O)cc3c(c12)[C@H](CCl)CN3C. The summed E-state index contributed by atoms with van der Waals surface area (Å²) < 4.78 is 5.96. The van der Waals surface area contributed by atoms with Crippen molar-refractivity contribution in [1.29, 1.82) is 0 Å². The van der Waals surface area contributed by atoms with Gasteiger partial charge in [0.25, 0.3) is 0 Å². The number of alkyl halides is 1. The van der Waals surface area contributed by atoms with E-state index in [1.54, 1.807) is 0 Å². The molecule has 2 aromatic rings. The van der Waals surface area contributed by atoms with E-state index in [0.29, 0.717) is 11.6 Å². The Hall–Kier alpha value is -1.61. The number of halogens is 1. The van der Waals surface area contributed by atoms with Gasteiger partial charge in [-0.15, -0.1) is 11.6 Å². The van der Waals surface area contributed by atoms with Crippen molar-refractivity contribution < 1.29 is 9.84 Å². The second-order valence-electron chi connectivity index (χ2n) is 5.91. The number of likely N-dealkylation sites (N-methyl/N-ethyl adjacent to an activating group) is 1. The van der Waals surface area contributed by atoms with Crippen LogP contribution in [0.5, 0.6) is 11.5 Å². The molecule has 3 rings (SSSR count). The van der Waals surface area contributed by atoms with Gasteiger partial charge in [-0.2, -0.15) is 0 Å². The zero-order valence-corrected chi connectivity index (χ0v) is 13.3. The fourth-order valence-corrected chi connectivity index (χ4v) is 3.41. The van der Waals surface area contributed by atoms with Gasteiger partial charge in [-0.05, 0) is 25.5 Å². The van der Waals surface area contributed by atoms with Gasteiger partial charge in [-0.25, -0.2) is 0 Å². The van der Waals surface area contributed by atoms with Gasteiger partial charge < -0.3 is 14.7 Å². The number of anilines is 1. The second kappa shape index (κ2) is 5.30. The average Bonchev–Trinajstić information content (AvgIpc) is 2.75. The van der Waals surface area contributed by atoms with Crippen molar-refractivity contribution >= 4 is 28.1 Å². The Balaban J connectivity index is 2.34. The molecule has 1 heterocycles. The summed E-state index contributed by atoms with van der Waals surface area (Å²) in [5, 5.41) is 12.2. The first kappa shape index (κ1) is 14.3. The lowest BCUT2D eigenvalue weighted by Crippen LogP contribution is -2.15. The molecule has 0 unspecified atom stereocenters. The Morgan fingerprint density at radius 2 is 2.19 bits per heavy atom. The molecule has 112 valence electrons. The Bertz CT molecular complexity index is 684. The molecule has 0 aliphatic carbocycles. The highest BCUT2D eigenvalue weighted by Crippen LogP contribution is 2.47. The van der Waals surface area contributed by atoms with E-state index in [-0.39, 0.29) is 12.0 Å². The molecule has 0 fully saturated rings. The number of fused-ring (bicyclic) bond motifs is 3. The maximum atomic E-state index is 10.4. The first-order valence-corrected chi connectivity index (χ1v) is 7.78.